The van der Waals surface area contributed by atoms with E-state index in [1.165, 1.54) is 12.0 Å². The zero-order chi connectivity index (χ0) is 16.5. The third kappa shape index (κ3) is 3.09. The Morgan fingerprint density at radius 2 is 2.29 bits per heavy atom. The van der Waals surface area contributed by atoms with Gasteiger partial charge in [0.15, 0.2) is 0 Å². The molecular weight excluding hydrogens is 324 g/mol. The normalized spacial score (nSPS) is 18.3. The second kappa shape index (κ2) is 6.42. The molecule has 0 amide bonds. The van der Waals surface area contributed by atoms with E-state index < -0.39 is 0 Å². The van der Waals surface area contributed by atoms with Crippen molar-refractivity contribution in [2.75, 3.05) is 6.54 Å². The van der Waals surface area contributed by atoms with E-state index in [1.807, 2.05) is 42.2 Å². The molecule has 0 aliphatic carbocycles. The summed E-state index contributed by atoms with van der Waals surface area (Å²) in [7, 11) is 1.96. The van der Waals surface area contributed by atoms with Gasteiger partial charge in [0.25, 0.3) is 0 Å². The van der Waals surface area contributed by atoms with Crippen molar-refractivity contribution >= 4 is 11.6 Å². The lowest BCUT2D eigenvalue weighted by atomic mass is 10.1. The van der Waals surface area contributed by atoms with Crippen LogP contribution in [0.5, 0.6) is 0 Å². The SMILES string of the molecule is Cn1cc([C@@H]2CCCN2Cc2coc(-c3cccc(Cl)c3)n2)cn1. The fourth-order valence-electron chi connectivity index (χ4n) is 3.35. The van der Waals surface area contributed by atoms with E-state index >= 15 is 0 Å². The summed E-state index contributed by atoms with van der Waals surface area (Å²) in [4.78, 5) is 7.07. The van der Waals surface area contributed by atoms with E-state index in [4.69, 9.17) is 16.0 Å². The molecular formula is C18H19ClN4O. The van der Waals surface area contributed by atoms with Gasteiger partial charge in [-0.3, -0.25) is 9.58 Å². The highest BCUT2D eigenvalue weighted by Crippen LogP contribution is 2.33. The maximum absolute atomic E-state index is 6.04. The zero-order valence-electron chi connectivity index (χ0n) is 13.5. The van der Waals surface area contributed by atoms with Crippen LogP contribution in [0, 0.1) is 0 Å². The van der Waals surface area contributed by atoms with Gasteiger partial charge >= 0.3 is 0 Å². The third-order valence-electron chi connectivity index (χ3n) is 4.46. The number of nitrogens with zero attached hydrogens (tertiary/aromatic N) is 4. The maximum Gasteiger partial charge on any atom is 0.226 e. The standard InChI is InChI=1S/C18H19ClN4O/c1-22-10-14(9-20-22)17-6-3-7-23(17)11-16-12-24-18(21-16)13-4-2-5-15(19)8-13/h2,4-5,8-10,12,17H,3,6-7,11H2,1H3/t17-/m0/s1. The van der Waals surface area contributed by atoms with Gasteiger partial charge in [-0.2, -0.15) is 5.10 Å². The summed E-state index contributed by atoms with van der Waals surface area (Å²) < 4.78 is 7.51. The van der Waals surface area contributed by atoms with Crippen LogP contribution in [-0.2, 0) is 13.6 Å². The quantitative estimate of drug-likeness (QED) is 0.717. The minimum absolute atomic E-state index is 0.407. The van der Waals surface area contributed by atoms with Crippen molar-refractivity contribution in [2.24, 2.45) is 7.05 Å². The van der Waals surface area contributed by atoms with Gasteiger partial charge in [0.1, 0.15) is 6.26 Å². The minimum Gasteiger partial charge on any atom is -0.444 e. The Kier molecular flexibility index (Phi) is 4.12. The highest BCUT2D eigenvalue weighted by molar-refractivity contribution is 6.30. The average molecular weight is 343 g/mol. The van der Waals surface area contributed by atoms with Crippen LogP contribution in [0.2, 0.25) is 5.02 Å². The summed E-state index contributed by atoms with van der Waals surface area (Å²) in [5.41, 5.74) is 3.12. The number of aromatic nitrogens is 3. The topological polar surface area (TPSA) is 47.1 Å². The molecule has 4 rings (SSSR count). The smallest absolute Gasteiger partial charge is 0.226 e. The Morgan fingerprint density at radius 3 is 3.08 bits per heavy atom. The molecule has 1 aliphatic rings. The first kappa shape index (κ1) is 15.4. The maximum atomic E-state index is 6.04. The molecule has 0 radical (unpaired) electrons. The number of likely N-dealkylation sites (tertiary alicyclic amines) is 1. The van der Waals surface area contributed by atoms with Crippen molar-refractivity contribution in [3.63, 3.8) is 0 Å². The van der Waals surface area contributed by atoms with Crippen molar-refractivity contribution in [1.82, 2.24) is 19.7 Å². The zero-order valence-corrected chi connectivity index (χ0v) is 14.3. The van der Waals surface area contributed by atoms with Gasteiger partial charge < -0.3 is 4.42 Å². The summed E-state index contributed by atoms with van der Waals surface area (Å²) in [5.74, 6) is 0.615. The van der Waals surface area contributed by atoms with Crippen LogP contribution in [0.3, 0.4) is 0 Å². The molecule has 3 aromatic rings. The third-order valence-corrected chi connectivity index (χ3v) is 4.70. The average Bonchev–Trinajstić information content (AvgIpc) is 3.28. The van der Waals surface area contributed by atoms with E-state index in [0.717, 1.165) is 30.8 Å². The molecule has 0 bridgehead atoms. The van der Waals surface area contributed by atoms with Crippen molar-refractivity contribution in [1.29, 1.82) is 0 Å². The fraction of sp³-hybridized carbons (Fsp3) is 0.333. The van der Waals surface area contributed by atoms with Gasteiger partial charge in [-0.1, -0.05) is 17.7 Å². The predicted octanol–water partition coefficient (Wildman–Crippen LogP) is 4.07. The number of aryl methyl sites for hydroxylation is 1. The number of hydrogen-bond donors (Lipinski definition) is 0. The lowest BCUT2D eigenvalue weighted by Gasteiger charge is -2.22. The summed E-state index contributed by atoms with van der Waals surface area (Å²) in [6.45, 7) is 1.85. The van der Waals surface area contributed by atoms with E-state index in [-0.39, 0.29) is 0 Å². The van der Waals surface area contributed by atoms with Gasteiger partial charge in [0.2, 0.25) is 5.89 Å². The minimum atomic E-state index is 0.407. The van der Waals surface area contributed by atoms with Crippen LogP contribution < -0.4 is 0 Å². The lowest BCUT2D eigenvalue weighted by molar-refractivity contribution is 0.245. The molecule has 6 heteroatoms. The Hall–Kier alpha value is -2.11. The molecule has 1 saturated heterocycles. The first-order valence-electron chi connectivity index (χ1n) is 8.12. The molecule has 0 spiro atoms. The summed E-state index contributed by atoms with van der Waals surface area (Å²) in [6, 6.07) is 7.98. The predicted molar refractivity (Wildman–Crippen MR) is 92.5 cm³/mol. The largest absolute Gasteiger partial charge is 0.444 e. The molecule has 5 nitrogen and oxygen atoms in total. The van der Waals surface area contributed by atoms with Crippen LogP contribution in [0.25, 0.3) is 11.5 Å². The second-order valence-electron chi connectivity index (χ2n) is 6.23. The molecule has 1 atom stereocenters. The lowest BCUT2D eigenvalue weighted by Crippen LogP contribution is -2.22. The Labute approximate surface area is 145 Å². The number of halogens is 1. The van der Waals surface area contributed by atoms with E-state index in [0.29, 0.717) is 17.0 Å². The van der Waals surface area contributed by atoms with Gasteiger partial charge in [-0.15, -0.1) is 0 Å². The summed E-state index contributed by atoms with van der Waals surface area (Å²) in [6.07, 6.45) is 8.16. The van der Waals surface area contributed by atoms with E-state index in [2.05, 4.69) is 21.2 Å². The van der Waals surface area contributed by atoms with Crippen molar-refractivity contribution in [2.45, 2.75) is 25.4 Å². The molecule has 0 unspecified atom stereocenters. The number of oxazole rings is 1. The Balaban J connectivity index is 1.51. The van der Waals surface area contributed by atoms with E-state index in [1.54, 1.807) is 6.26 Å². The molecule has 2 aromatic heterocycles. The molecule has 24 heavy (non-hydrogen) atoms. The van der Waals surface area contributed by atoms with Gasteiger partial charge in [-0.05, 0) is 37.6 Å². The molecule has 3 heterocycles. The van der Waals surface area contributed by atoms with Crippen LogP contribution in [0.1, 0.15) is 30.1 Å². The summed E-state index contributed by atoms with van der Waals surface area (Å²) in [5, 5.41) is 4.98. The number of hydrogen-bond acceptors (Lipinski definition) is 4. The van der Waals surface area contributed by atoms with Crippen LogP contribution >= 0.6 is 11.6 Å². The van der Waals surface area contributed by atoms with Gasteiger partial charge in [0.05, 0.1) is 11.9 Å². The second-order valence-corrected chi connectivity index (χ2v) is 6.67. The first-order valence-corrected chi connectivity index (χ1v) is 8.50. The molecule has 1 aromatic carbocycles. The highest BCUT2D eigenvalue weighted by atomic mass is 35.5. The van der Waals surface area contributed by atoms with Crippen molar-refractivity contribution < 1.29 is 4.42 Å². The number of benzene rings is 1. The van der Waals surface area contributed by atoms with Crippen LogP contribution in [0.4, 0.5) is 0 Å². The number of rotatable bonds is 4. The molecule has 1 aliphatic heterocycles. The fourth-order valence-corrected chi connectivity index (χ4v) is 3.54. The molecule has 1 fully saturated rings. The van der Waals surface area contributed by atoms with E-state index in [9.17, 15) is 0 Å². The Morgan fingerprint density at radius 1 is 1.38 bits per heavy atom. The molecule has 0 N–H and O–H groups in total. The Bertz CT molecular complexity index is 841. The van der Waals surface area contributed by atoms with Gasteiger partial charge in [-0.25, -0.2) is 4.98 Å². The van der Waals surface area contributed by atoms with Crippen molar-refractivity contribution in [3.8, 4) is 11.5 Å². The molecule has 0 saturated carbocycles. The highest BCUT2D eigenvalue weighted by Gasteiger charge is 2.27. The summed E-state index contributed by atoms with van der Waals surface area (Å²) >= 11 is 6.04. The van der Waals surface area contributed by atoms with Gasteiger partial charge in [0, 0.05) is 42.0 Å². The van der Waals surface area contributed by atoms with Crippen LogP contribution in [0.15, 0.2) is 47.3 Å². The van der Waals surface area contributed by atoms with Crippen molar-refractivity contribution in [3.05, 3.63) is 59.2 Å². The monoisotopic (exact) mass is 342 g/mol. The first-order chi connectivity index (χ1) is 11.7. The van der Waals surface area contributed by atoms with Crippen LogP contribution in [-0.4, -0.2) is 26.2 Å². The molecule has 124 valence electrons.